The SMILES string of the molecule is [CH2]COC(=O)/C=C/c1ccc(OC(=O)c2ccc(OCCCCC(F)(F)F)cc2)cc1. The van der Waals surface area contributed by atoms with Gasteiger partial charge in [-0.3, -0.25) is 0 Å². The molecule has 0 unspecified atom stereocenters. The van der Waals surface area contributed by atoms with Crippen LogP contribution in [0.1, 0.15) is 35.2 Å². The number of carbonyl (C=O) groups is 2. The Bertz CT molecular complexity index is 872. The predicted octanol–water partition coefficient (Wildman–Crippen LogP) is 5.41. The lowest BCUT2D eigenvalue weighted by Gasteiger charge is -2.09. The number of rotatable bonds is 10. The summed E-state index contributed by atoms with van der Waals surface area (Å²) in [5.41, 5.74) is 1.02. The fraction of sp³-hybridized carbons (Fsp3) is 0.261. The molecule has 8 heteroatoms. The molecule has 0 saturated heterocycles. The number of unbranched alkanes of at least 4 members (excludes halogenated alkanes) is 1. The summed E-state index contributed by atoms with van der Waals surface area (Å²) in [5.74, 6) is -0.289. The summed E-state index contributed by atoms with van der Waals surface area (Å²) in [6, 6.07) is 12.7. The first-order chi connectivity index (χ1) is 14.8. The van der Waals surface area contributed by atoms with Crippen molar-refractivity contribution in [2.75, 3.05) is 13.2 Å². The van der Waals surface area contributed by atoms with E-state index in [9.17, 15) is 22.8 Å². The third-order valence-corrected chi connectivity index (χ3v) is 3.96. The van der Waals surface area contributed by atoms with Gasteiger partial charge >= 0.3 is 18.1 Å². The number of hydrogen-bond acceptors (Lipinski definition) is 5. The van der Waals surface area contributed by atoms with Gasteiger partial charge in [-0.25, -0.2) is 9.59 Å². The van der Waals surface area contributed by atoms with Crippen molar-refractivity contribution in [1.82, 2.24) is 0 Å². The van der Waals surface area contributed by atoms with Gasteiger partial charge in [-0.1, -0.05) is 12.1 Å². The Labute approximate surface area is 178 Å². The molecule has 2 rings (SSSR count). The van der Waals surface area contributed by atoms with E-state index in [1.807, 2.05) is 0 Å². The van der Waals surface area contributed by atoms with Crippen LogP contribution in [0.2, 0.25) is 0 Å². The first kappa shape index (κ1) is 24.0. The molecule has 2 aromatic rings. The number of ether oxygens (including phenoxy) is 3. The molecular weight excluding hydrogens is 413 g/mol. The Morgan fingerprint density at radius 1 is 0.935 bits per heavy atom. The normalized spacial score (nSPS) is 11.4. The van der Waals surface area contributed by atoms with Crippen molar-refractivity contribution in [2.45, 2.75) is 25.4 Å². The third kappa shape index (κ3) is 9.37. The van der Waals surface area contributed by atoms with Crippen LogP contribution in [0.15, 0.2) is 54.6 Å². The molecule has 31 heavy (non-hydrogen) atoms. The summed E-state index contributed by atoms with van der Waals surface area (Å²) < 4.78 is 51.6. The smallest absolute Gasteiger partial charge is 0.389 e. The standard InChI is InChI=1S/C23H22F3O5/c1-2-29-21(27)14-7-17-5-10-20(11-6-17)31-22(28)18-8-12-19(13-9-18)30-16-4-3-15-23(24,25)26/h5-14H,1-4,15-16H2/b14-7+. The van der Waals surface area contributed by atoms with E-state index in [1.165, 1.54) is 18.2 Å². The molecule has 0 amide bonds. The van der Waals surface area contributed by atoms with Gasteiger partial charge in [0.25, 0.3) is 0 Å². The van der Waals surface area contributed by atoms with Crippen LogP contribution in [-0.4, -0.2) is 31.3 Å². The van der Waals surface area contributed by atoms with E-state index in [2.05, 4.69) is 11.7 Å². The van der Waals surface area contributed by atoms with Crippen molar-refractivity contribution in [3.05, 3.63) is 72.7 Å². The van der Waals surface area contributed by atoms with E-state index in [-0.39, 0.29) is 26.1 Å². The van der Waals surface area contributed by atoms with Crippen LogP contribution < -0.4 is 9.47 Å². The van der Waals surface area contributed by atoms with Crippen molar-refractivity contribution in [1.29, 1.82) is 0 Å². The van der Waals surface area contributed by atoms with Crippen LogP contribution in [0, 0.1) is 6.92 Å². The second-order valence-corrected chi connectivity index (χ2v) is 6.40. The lowest BCUT2D eigenvalue weighted by atomic mass is 10.2. The molecule has 0 saturated carbocycles. The predicted molar refractivity (Wildman–Crippen MR) is 109 cm³/mol. The highest BCUT2D eigenvalue weighted by Crippen LogP contribution is 2.22. The maximum Gasteiger partial charge on any atom is 0.389 e. The Balaban J connectivity index is 1.81. The van der Waals surface area contributed by atoms with E-state index in [0.717, 1.165) is 5.56 Å². The zero-order chi connectivity index (χ0) is 22.7. The minimum absolute atomic E-state index is 0.00277. The molecule has 0 N–H and O–H groups in total. The van der Waals surface area contributed by atoms with Crippen LogP contribution in [0.25, 0.3) is 6.08 Å². The maximum absolute atomic E-state index is 12.2. The van der Waals surface area contributed by atoms with Gasteiger partial charge in [0.05, 0.1) is 18.8 Å². The number of esters is 2. The molecule has 0 spiro atoms. The lowest BCUT2D eigenvalue weighted by molar-refractivity contribution is -0.137. The van der Waals surface area contributed by atoms with Crippen LogP contribution in [0.3, 0.4) is 0 Å². The number of hydrogen-bond donors (Lipinski definition) is 0. The van der Waals surface area contributed by atoms with Gasteiger partial charge in [-0.2, -0.15) is 13.2 Å². The summed E-state index contributed by atoms with van der Waals surface area (Å²) in [4.78, 5) is 23.5. The molecule has 0 atom stereocenters. The highest BCUT2D eigenvalue weighted by molar-refractivity contribution is 5.91. The minimum atomic E-state index is -4.15. The highest BCUT2D eigenvalue weighted by Gasteiger charge is 2.25. The van der Waals surface area contributed by atoms with Crippen LogP contribution in [0.4, 0.5) is 13.2 Å². The first-order valence-electron chi connectivity index (χ1n) is 9.53. The molecule has 1 radical (unpaired) electrons. The molecule has 0 heterocycles. The largest absolute Gasteiger partial charge is 0.494 e. The van der Waals surface area contributed by atoms with Gasteiger partial charge in [0.15, 0.2) is 0 Å². The summed E-state index contributed by atoms with van der Waals surface area (Å²) >= 11 is 0. The number of carbonyl (C=O) groups excluding carboxylic acids is 2. The van der Waals surface area contributed by atoms with Gasteiger partial charge < -0.3 is 14.2 Å². The second-order valence-electron chi connectivity index (χ2n) is 6.40. The van der Waals surface area contributed by atoms with Crippen molar-refractivity contribution in [3.63, 3.8) is 0 Å². The van der Waals surface area contributed by atoms with E-state index < -0.39 is 24.5 Å². The molecule has 0 aliphatic heterocycles. The molecule has 5 nitrogen and oxygen atoms in total. The Kier molecular flexibility index (Phi) is 9.12. The summed E-state index contributed by atoms with van der Waals surface area (Å²) in [5, 5.41) is 0. The van der Waals surface area contributed by atoms with Gasteiger partial charge in [-0.15, -0.1) is 0 Å². The van der Waals surface area contributed by atoms with Crippen LogP contribution in [-0.2, 0) is 9.53 Å². The fourth-order valence-corrected chi connectivity index (χ4v) is 2.43. The van der Waals surface area contributed by atoms with Gasteiger partial charge in [-0.05, 0) is 67.8 Å². The molecule has 0 fully saturated rings. The topological polar surface area (TPSA) is 61.8 Å². The van der Waals surface area contributed by atoms with Crippen LogP contribution in [0.5, 0.6) is 11.5 Å². The van der Waals surface area contributed by atoms with Gasteiger partial charge in [0.1, 0.15) is 11.5 Å². The molecule has 0 aliphatic rings. The zero-order valence-electron chi connectivity index (χ0n) is 16.7. The number of benzene rings is 2. The molecular formula is C23H22F3O5. The molecule has 0 aromatic heterocycles. The van der Waals surface area contributed by atoms with Crippen molar-refractivity contribution >= 4 is 18.0 Å². The molecule has 2 aromatic carbocycles. The Morgan fingerprint density at radius 2 is 1.58 bits per heavy atom. The fourth-order valence-electron chi connectivity index (χ4n) is 2.43. The average Bonchev–Trinajstić information content (AvgIpc) is 2.73. The number of alkyl halides is 3. The quantitative estimate of drug-likeness (QED) is 0.216. The zero-order valence-corrected chi connectivity index (χ0v) is 16.7. The lowest BCUT2D eigenvalue weighted by Crippen LogP contribution is -2.09. The number of halogens is 3. The molecule has 0 aliphatic carbocycles. The van der Waals surface area contributed by atoms with E-state index in [1.54, 1.807) is 42.5 Å². The minimum Gasteiger partial charge on any atom is -0.494 e. The summed E-state index contributed by atoms with van der Waals surface area (Å²) in [6.07, 6.45) is -1.87. The molecule has 0 bridgehead atoms. The van der Waals surface area contributed by atoms with E-state index in [4.69, 9.17) is 9.47 Å². The van der Waals surface area contributed by atoms with Gasteiger partial charge in [0.2, 0.25) is 0 Å². The Morgan fingerprint density at radius 3 is 2.19 bits per heavy atom. The Hall–Kier alpha value is -3.29. The first-order valence-corrected chi connectivity index (χ1v) is 9.53. The van der Waals surface area contributed by atoms with E-state index in [0.29, 0.717) is 17.1 Å². The van der Waals surface area contributed by atoms with Crippen molar-refractivity contribution < 1.29 is 37.0 Å². The monoisotopic (exact) mass is 435 g/mol. The average molecular weight is 435 g/mol. The third-order valence-electron chi connectivity index (χ3n) is 3.96. The maximum atomic E-state index is 12.2. The summed E-state index contributed by atoms with van der Waals surface area (Å²) in [7, 11) is 0. The second kappa shape index (κ2) is 11.8. The van der Waals surface area contributed by atoms with Crippen molar-refractivity contribution in [2.24, 2.45) is 0 Å². The summed E-state index contributed by atoms with van der Waals surface area (Å²) in [6.45, 7) is 3.62. The highest BCUT2D eigenvalue weighted by atomic mass is 19.4. The van der Waals surface area contributed by atoms with Crippen LogP contribution >= 0.6 is 0 Å². The van der Waals surface area contributed by atoms with Crippen molar-refractivity contribution in [3.8, 4) is 11.5 Å². The van der Waals surface area contributed by atoms with E-state index >= 15 is 0 Å². The molecule has 165 valence electrons. The van der Waals surface area contributed by atoms with Gasteiger partial charge in [0, 0.05) is 12.5 Å².